The Morgan fingerprint density at radius 1 is 1.04 bits per heavy atom. The van der Waals surface area contributed by atoms with Crippen molar-refractivity contribution in [2.45, 2.75) is 110 Å². The number of carbonyl (C=O) groups excluding carboxylic acids is 2. The number of nitrogens with one attached hydrogen (secondary N) is 2. The lowest BCUT2D eigenvalue weighted by molar-refractivity contribution is -0.128. The van der Waals surface area contributed by atoms with Crippen molar-refractivity contribution >= 4 is 32.9 Å². The van der Waals surface area contributed by atoms with Gasteiger partial charge in [0.15, 0.2) is 0 Å². The van der Waals surface area contributed by atoms with E-state index in [1.165, 1.54) is 26.1 Å². The smallest absolute Gasteiger partial charge is 0.303 e. The Bertz CT molecular complexity index is 1970. The molecule has 2 heterocycles. The second kappa shape index (κ2) is 12.1. The van der Waals surface area contributed by atoms with Crippen LogP contribution in [0.2, 0.25) is 0 Å². The first-order valence-corrected chi connectivity index (χ1v) is 20.0. The molecule has 5 atom stereocenters. The topological polar surface area (TPSA) is 110 Å². The predicted octanol–water partition coefficient (Wildman–Crippen LogP) is 7.36. The van der Waals surface area contributed by atoms with Crippen LogP contribution in [-0.2, 0) is 21.5 Å². The zero-order chi connectivity index (χ0) is 36.0. The zero-order valence-corrected chi connectivity index (χ0v) is 31.8. The van der Waals surface area contributed by atoms with Crippen molar-refractivity contribution in [2.24, 2.45) is 22.2 Å². The molecule has 3 aliphatic carbocycles. The minimum atomic E-state index is -3.98. The number of hydrogen-bond acceptors (Lipinski definition) is 5. The van der Waals surface area contributed by atoms with Crippen LogP contribution < -0.4 is 14.8 Å². The Hall–Kier alpha value is -3.37. The highest BCUT2D eigenvalue weighted by molar-refractivity contribution is 7.87. The maximum Gasteiger partial charge on any atom is 0.303 e. The lowest BCUT2D eigenvalue weighted by Crippen LogP contribution is -2.45. The number of ether oxygens (including phenoxy) is 1. The predicted molar refractivity (Wildman–Crippen MR) is 198 cm³/mol. The van der Waals surface area contributed by atoms with Gasteiger partial charge in [0.25, 0.3) is 5.91 Å². The Labute approximate surface area is 297 Å². The molecule has 3 saturated carbocycles. The third-order valence-electron chi connectivity index (χ3n) is 13.6. The number of fused-ring (bicyclic) bond motifs is 9. The molecule has 1 aromatic heterocycles. The fourth-order valence-corrected chi connectivity index (χ4v) is 10.7. The van der Waals surface area contributed by atoms with E-state index in [2.05, 4.69) is 61.4 Å². The van der Waals surface area contributed by atoms with Gasteiger partial charge in [0.05, 0.1) is 18.2 Å². The van der Waals surface area contributed by atoms with Gasteiger partial charge in [0, 0.05) is 54.6 Å². The highest BCUT2D eigenvalue weighted by Crippen LogP contribution is 2.68. The van der Waals surface area contributed by atoms with Gasteiger partial charge >= 0.3 is 10.2 Å². The Kier molecular flexibility index (Phi) is 8.49. The van der Waals surface area contributed by atoms with Crippen molar-refractivity contribution in [3.05, 3.63) is 53.1 Å². The first-order chi connectivity index (χ1) is 23.6. The van der Waals surface area contributed by atoms with E-state index in [1.54, 1.807) is 13.2 Å². The highest BCUT2D eigenvalue weighted by Gasteiger charge is 2.65. The summed E-state index contributed by atoms with van der Waals surface area (Å²) in [6.45, 7) is 12.1. The molecule has 2 N–H and O–H groups in total. The molecule has 2 bridgehead atoms. The molecule has 2 aromatic carbocycles. The van der Waals surface area contributed by atoms with Crippen LogP contribution in [0, 0.1) is 22.2 Å². The fourth-order valence-electron chi connectivity index (χ4n) is 10.2. The summed E-state index contributed by atoms with van der Waals surface area (Å²) >= 11 is 0. The van der Waals surface area contributed by atoms with Crippen molar-refractivity contribution in [1.29, 1.82) is 0 Å². The van der Waals surface area contributed by atoms with Crippen LogP contribution in [0.3, 0.4) is 0 Å². The van der Waals surface area contributed by atoms with Crippen LogP contribution in [0.1, 0.15) is 119 Å². The van der Waals surface area contributed by atoms with Gasteiger partial charge in [0.2, 0.25) is 5.91 Å². The Morgan fingerprint density at radius 2 is 1.76 bits per heavy atom. The molecule has 7 rings (SSSR count). The lowest BCUT2D eigenvalue weighted by Gasteiger charge is -2.33. The van der Waals surface area contributed by atoms with Crippen molar-refractivity contribution < 1.29 is 22.7 Å². The van der Waals surface area contributed by atoms with Crippen molar-refractivity contribution in [2.75, 3.05) is 21.2 Å². The molecule has 1 aliphatic heterocycles. The van der Waals surface area contributed by atoms with Crippen LogP contribution in [0.4, 0.5) is 0 Å². The summed E-state index contributed by atoms with van der Waals surface area (Å²) in [6, 6.07) is 12.0. The van der Waals surface area contributed by atoms with Crippen LogP contribution >= 0.6 is 0 Å². The van der Waals surface area contributed by atoms with Crippen molar-refractivity contribution in [1.82, 2.24) is 18.9 Å². The molecule has 3 fully saturated rings. The van der Waals surface area contributed by atoms with E-state index >= 15 is 0 Å². The molecule has 4 aliphatic rings. The molecule has 10 heteroatoms. The summed E-state index contributed by atoms with van der Waals surface area (Å²) in [5.41, 5.74) is 5.49. The fraction of sp³-hybridized carbons (Fsp3) is 0.600. The minimum Gasteiger partial charge on any atom is -0.497 e. The van der Waals surface area contributed by atoms with E-state index in [4.69, 9.17) is 4.74 Å². The second-order valence-electron chi connectivity index (χ2n) is 16.7. The number of nitrogens with zero attached hydrogens (tertiary/aromatic N) is 2. The maximum absolute atomic E-state index is 14.8. The van der Waals surface area contributed by atoms with Gasteiger partial charge in [-0.05, 0) is 103 Å². The monoisotopic (exact) mass is 702 g/mol. The number of hydrogen-bond donors (Lipinski definition) is 2. The van der Waals surface area contributed by atoms with E-state index in [0.29, 0.717) is 12.5 Å². The van der Waals surface area contributed by atoms with Crippen LogP contribution in [0.15, 0.2) is 36.4 Å². The zero-order valence-electron chi connectivity index (χ0n) is 31.0. The number of benzene rings is 2. The Balaban J connectivity index is 1.40. The number of rotatable bonds is 11. The van der Waals surface area contributed by atoms with Gasteiger partial charge in [-0.1, -0.05) is 53.5 Å². The van der Waals surface area contributed by atoms with Gasteiger partial charge in [-0.15, -0.1) is 0 Å². The summed E-state index contributed by atoms with van der Waals surface area (Å²) in [4.78, 5) is 28.3. The van der Waals surface area contributed by atoms with Crippen molar-refractivity contribution in [3.8, 4) is 17.0 Å². The summed E-state index contributed by atoms with van der Waals surface area (Å²) in [6.07, 6.45) is 8.19. The molecule has 0 saturated heterocycles. The number of methoxy groups -OCH3 is 1. The van der Waals surface area contributed by atoms with Crippen molar-refractivity contribution in [3.63, 3.8) is 0 Å². The summed E-state index contributed by atoms with van der Waals surface area (Å²) < 4.78 is 36.5. The van der Waals surface area contributed by atoms with E-state index in [1.807, 2.05) is 18.2 Å². The van der Waals surface area contributed by atoms with E-state index in [9.17, 15) is 18.0 Å². The van der Waals surface area contributed by atoms with Gasteiger partial charge in [-0.2, -0.15) is 12.7 Å². The minimum absolute atomic E-state index is 0.0325. The van der Waals surface area contributed by atoms with E-state index < -0.39 is 21.5 Å². The first-order valence-electron chi connectivity index (χ1n) is 18.5. The maximum atomic E-state index is 14.8. The first kappa shape index (κ1) is 35.1. The lowest BCUT2D eigenvalue weighted by atomic mass is 9.71. The number of aromatic nitrogens is 1. The van der Waals surface area contributed by atoms with Gasteiger partial charge in [-0.3, -0.25) is 9.59 Å². The average molecular weight is 703 g/mol. The van der Waals surface area contributed by atoms with Gasteiger partial charge in [-0.25, -0.2) is 4.72 Å². The summed E-state index contributed by atoms with van der Waals surface area (Å²) in [5.74, 6) is 0.988. The number of carbonyl (C=O) groups is 2. The third kappa shape index (κ3) is 5.22. The molecule has 3 aromatic rings. The Morgan fingerprint density at radius 3 is 2.36 bits per heavy atom. The molecule has 2 amide bonds. The molecule has 50 heavy (non-hydrogen) atoms. The number of amides is 2. The molecular weight excluding hydrogens is 649 g/mol. The molecular formula is C40H54N4O5S. The average Bonchev–Trinajstić information content (AvgIpc) is 3.62. The van der Waals surface area contributed by atoms with Crippen LogP contribution in [-0.4, -0.2) is 56.4 Å². The molecule has 9 nitrogen and oxygen atoms in total. The summed E-state index contributed by atoms with van der Waals surface area (Å²) in [5, 5.41) is 4.68. The van der Waals surface area contributed by atoms with E-state index in [-0.39, 0.29) is 40.2 Å². The largest absolute Gasteiger partial charge is 0.497 e. The van der Waals surface area contributed by atoms with E-state index in [0.717, 1.165) is 82.7 Å². The molecule has 0 spiro atoms. The normalized spacial score (nSPS) is 27.5. The van der Waals surface area contributed by atoms with Crippen LogP contribution in [0.25, 0.3) is 22.2 Å². The summed E-state index contributed by atoms with van der Waals surface area (Å²) in [7, 11) is 0.486. The van der Waals surface area contributed by atoms with Gasteiger partial charge in [0.1, 0.15) is 5.75 Å². The quantitative estimate of drug-likeness (QED) is 0.217. The van der Waals surface area contributed by atoms with Crippen LogP contribution in [0.5, 0.6) is 5.75 Å². The third-order valence-corrected chi connectivity index (χ3v) is 15.0. The molecule has 4 unspecified atom stereocenters. The SMILES string of the molecule is CCCC(CCC)c1c2n(c3cc(C(=O)NS(=O)(=O)N(C)C)ccc13)CC1(C(=O)N[C@H]3CC4(C)CCC3C4(C)C)CC1c1cc(OC)ccc1-2. The molecule has 270 valence electrons. The highest BCUT2D eigenvalue weighted by atomic mass is 32.2. The van der Waals surface area contributed by atoms with Gasteiger partial charge < -0.3 is 14.6 Å². The molecule has 0 radical (unpaired) electrons. The standard InChI is InChI=1S/C40H54N4O5S/c1-9-11-24(12-10-2)34-28-15-13-25(36(45)42-50(47,48)43(6)7)19-33(28)44-23-40(21-31(40)29-20-26(49-8)14-16-27(29)35(34)44)37(46)41-32-22-39(5)18-17-30(32)38(39,3)4/h13-16,19-20,24,30-32H,9-12,17-18,21-23H2,1-8H3,(H,41,46)(H,42,45)/t30?,31?,32-,39?,40?/m0/s1. The second-order valence-corrected chi connectivity index (χ2v) is 18.5.